The Morgan fingerprint density at radius 2 is 2.17 bits per heavy atom. The molecular weight excluding hydrogens is 317 g/mol. The molecule has 0 aromatic heterocycles. The molecule has 0 aliphatic heterocycles. The smallest absolute Gasteiger partial charge is 0.407 e. The van der Waals surface area contributed by atoms with Gasteiger partial charge in [-0.1, -0.05) is 12.1 Å². The van der Waals surface area contributed by atoms with Gasteiger partial charge in [0.05, 0.1) is 19.8 Å². The molecule has 1 aliphatic rings. The van der Waals surface area contributed by atoms with Gasteiger partial charge in [-0.15, -0.1) is 0 Å². The van der Waals surface area contributed by atoms with Gasteiger partial charge in [0, 0.05) is 6.42 Å². The maximum atomic E-state index is 13.7. The van der Waals surface area contributed by atoms with Crippen molar-refractivity contribution in [1.29, 1.82) is 0 Å². The second-order valence-electron chi connectivity index (χ2n) is 5.59. The fourth-order valence-electron chi connectivity index (χ4n) is 3.14. The van der Waals surface area contributed by atoms with E-state index in [4.69, 9.17) is 4.74 Å². The molecule has 1 fully saturated rings. The van der Waals surface area contributed by atoms with Crippen molar-refractivity contribution in [2.75, 3.05) is 13.7 Å². The van der Waals surface area contributed by atoms with E-state index < -0.39 is 29.3 Å². The van der Waals surface area contributed by atoms with Gasteiger partial charge in [0.1, 0.15) is 5.82 Å². The zero-order valence-electron chi connectivity index (χ0n) is 13.6. The Morgan fingerprint density at radius 1 is 1.42 bits per heavy atom. The molecule has 1 amide bonds. The molecule has 2 rings (SSSR count). The van der Waals surface area contributed by atoms with Gasteiger partial charge in [0.2, 0.25) is 0 Å². The molecule has 1 saturated carbocycles. The van der Waals surface area contributed by atoms with Gasteiger partial charge in [-0.25, -0.2) is 9.18 Å². The minimum atomic E-state index is -1.57. The predicted octanol–water partition coefficient (Wildman–Crippen LogP) is 2.53. The lowest BCUT2D eigenvalue weighted by atomic mass is 9.74. The molecule has 2 atom stereocenters. The van der Waals surface area contributed by atoms with Crippen LogP contribution in [0, 0.1) is 11.2 Å². The number of methoxy groups -OCH3 is 1. The van der Waals surface area contributed by atoms with Crippen molar-refractivity contribution in [1.82, 2.24) is 5.32 Å². The normalized spacial score (nSPS) is 21.2. The quantitative estimate of drug-likeness (QED) is 0.659. The third-order valence-electron chi connectivity index (χ3n) is 4.23. The number of ether oxygens (including phenoxy) is 2. The summed E-state index contributed by atoms with van der Waals surface area (Å²) in [6.07, 6.45) is 0.1000. The van der Waals surface area contributed by atoms with E-state index in [1.165, 1.54) is 25.3 Å². The van der Waals surface area contributed by atoms with Crippen LogP contribution in [-0.2, 0) is 19.1 Å². The van der Waals surface area contributed by atoms with Crippen LogP contribution in [0.3, 0.4) is 0 Å². The van der Waals surface area contributed by atoms with E-state index >= 15 is 0 Å². The number of alkyl carbamates (subject to hydrolysis) is 1. The van der Waals surface area contributed by atoms with Gasteiger partial charge >= 0.3 is 12.1 Å². The molecule has 0 saturated heterocycles. The molecule has 7 heteroatoms. The lowest BCUT2D eigenvalue weighted by molar-refractivity contribution is -0.161. The van der Waals surface area contributed by atoms with Crippen molar-refractivity contribution in [3.63, 3.8) is 0 Å². The van der Waals surface area contributed by atoms with E-state index in [0.717, 1.165) is 0 Å². The van der Waals surface area contributed by atoms with Gasteiger partial charge in [-0.2, -0.15) is 0 Å². The topological polar surface area (TPSA) is 81.7 Å². The fourth-order valence-corrected chi connectivity index (χ4v) is 3.14. The van der Waals surface area contributed by atoms with Crippen LogP contribution in [0.15, 0.2) is 24.3 Å². The molecule has 1 aromatic carbocycles. The van der Waals surface area contributed by atoms with Crippen LogP contribution < -0.4 is 5.32 Å². The maximum absolute atomic E-state index is 13.7. The number of benzene rings is 1. The van der Waals surface area contributed by atoms with Gasteiger partial charge < -0.3 is 14.8 Å². The molecule has 1 aliphatic carbocycles. The summed E-state index contributed by atoms with van der Waals surface area (Å²) >= 11 is 0. The Labute approximate surface area is 139 Å². The number of esters is 1. The molecule has 0 unspecified atom stereocenters. The first-order valence-electron chi connectivity index (χ1n) is 7.76. The highest BCUT2D eigenvalue weighted by Crippen LogP contribution is 2.46. The molecule has 0 spiro atoms. The zero-order valence-corrected chi connectivity index (χ0v) is 13.6. The van der Waals surface area contributed by atoms with Crippen molar-refractivity contribution < 1.29 is 28.2 Å². The van der Waals surface area contributed by atoms with E-state index in [-0.39, 0.29) is 25.2 Å². The molecule has 24 heavy (non-hydrogen) atoms. The SMILES string of the molecule is CCOC(=O)[C@@]1([C@@H](NC(=O)OC)c2cccc(F)c2)CCCC1=O. The van der Waals surface area contributed by atoms with Crippen molar-refractivity contribution in [2.24, 2.45) is 5.41 Å². The highest BCUT2D eigenvalue weighted by atomic mass is 19.1. The summed E-state index contributed by atoms with van der Waals surface area (Å²) in [6.45, 7) is 1.73. The monoisotopic (exact) mass is 337 g/mol. The molecule has 6 nitrogen and oxygen atoms in total. The first-order valence-corrected chi connectivity index (χ1v) is 7.76. The van der Waals surface area contributed by atoms with Crippen LogP contribution in [0.4, 0.5) is 9.18 Å². The van der Waals surface area contributed by atoms with E-state index in [1.807, 2.05) is 0 Å². The van der Waals surface area contributed by atoms with E-state index in [2.05, 4.69) is 10.1 Å². The Kier molecular flexibility index (Phi) is 5.54. The summed E-state index contributed by atoms with van der Waals surface area (Å²) in [5.41, 5.74) is -1.26. The average molecular weight is 337 g/mol. The highest BCUT2D eigenvalue weighted by molar-refractivity contribution is 6.06. The standard InChI is InChI=1S/C17H20FNO5/c1-3-24-15(21)17(9-5-8-13(17)20)14(19-16(22)23-2)11-6-4-7-12(18)10-11/h4,6-7,10,14H,3,5,8-9H2,1-2H3,(H,19,22)/t14-,17-/m0/s1. The number of ketones is 1. The van der Waals surface area contributed by atoms with Crippen molar-refractivity contribution in [3.8, 4) is 0 Å². The first kappa shape index (κ1) is 17.9. The van der Waals surface area contributed by atoms with Crippen molar-refractivity contribution in [2.45, 2.75) is 32.2 Å². The maximum Gasteiger partial charge on any atom is 0.407 e. The second-order valence-corrected chi connectivity index (χ2v) is 5.59. The molecular formula is C17H20FNO5. The average Bonchev–Trinajstić information content (AvgIpc) is 2.95. The van der Waals surface area contributed by atoms with Crippen LogP contribution in [-0.4, -0.2) is 31.6 Å². The number of carbonyl (C=O) groups is 3. The van der Waals surface area contributed by atoms with Crippen LogP contribution in [0.5, 0.6) is 0 Å². The zero-order chi connectivity index (χ0) is 17.7. The van der Waals surface area contributed by atoms with E-state index in [0.29, 0.717) is 12.0 Å². The summed E-state index contributed by atoms with van der Waals surface area (Å²) in [7, 11) is 1.17. The van der Waals surface area contributed by atoms with Gasteiger partial charge in [-0.05, 0) is 37.5 Å². The Morgan fingerprint density at radius 3 is 2.71 bits per heavy atom. The Hall–Kier alpha value is -2.44. The second kappa shape index (κ2) is 7.42. The third-order valence-corrected chi connectivity index (χ3v) is 4.23. The summed E-state index contributed by atoms with van der Waals surface area (Å²) in [5.74, 6) is -1.57. The van der Waals surface area contributed by atoms with Gasteiger partial charge in [0.25, 0.3) is 0 Å². The molecule has 0 radical (unpaired) electrons. The van der Waals surface area contributed by atoms with Crippen molar-refractivity contribution in [3.05, 3.63) is 35.6 Å². The molecule has 130 valence electrons. The molecule has 1 aromatic rings. The third kappa shape index (κ3) is 3.25. The number of carbonyl (C=O) groups excluding carboxylic acids is 3. The summed E-state index contributed by atoms with van der Waals surface area (Å²) < 4.78 is 23.4. The van der Waals surface area contributed by atoms with Crippen LogP contribution in [0.2, 0.25) is 0 Å². The molecule has 1 N–H and O–H groups in total. The number of hydrogen-bond acceptors (Lipinski definition) is 5. The summed E-state index contributed by atoms with van der Waals surface area (Å²) in [4.78, 5) is 37.0. The fraction of sp³-hybridized carbons (Fsp3) is 0.471. The van der Waals surface area contributed by atoms with E-state index in [1.54, 1.807) is 13.0 Å². The minimum Gasteiger partial charge on any atom is -0.465 e. The predicted molar refractivity (Wildman–Crippen MR) is 82.6 cm³/mol. The number of amides is 1. The van der Waals surface area contributed by atoms with Crippen molar-refractivity contribution >= 4 is 17.8 Å². The van der Waals surface area contributed by atoms with Gasteiger partial charge in [-0.3, -0.25) is 9.59 Å². The number of hydrogen-bond donors (Lipinski definition) is 1. The number of halogens is 1. The summed E-state index contributed by atoms with van der Waals surface area (Å²) in [6, 6.07) is 4.37. The Bertz CT molecular complexity index is 648. The number of nitrogens with one attached hydrogen (secondary N) is 1. The summed E-state index contributed by atoms with van der Waals surface area (Å²) in [5, 5.41) is 2.51. The molecule has 0 bridgehead atoms. The first-order chi connectivity index (χ1) is 11.5. The molecule has 0 heterocycles. The minimum absolute atomic E-state index is 0.0992. The van der Waals surface area contributed by atoms with Crippen LogP contribution in [0.1, 0.15) is 37.8 Å². The van der Waals surface area contributed by atoms with Crippen LogP contribution in [0.25, 0.3) is 0 Å². The van der Waals surface area contributed by atoms with Crippen LogP contribution >= 0.6 is 0 Å². The number of rotatable bonds is 5. The highest BCUT2D eigenvalue weighted by Gasteiger charge is 2.56. The van der Waals surface area contributed by atoms with Gasteiger partial charge in [0.15, 0.2) is 11.2 Å². The number of Topliss-reactive ketones (excluding diaryl/α,β-unsaturated/α-hetero) is 1. The lowest BCUT2D eigenvalue weighted by Crippen LogP contribution is -2.49. The lowest BCUT2D eigenvalue weighted by Gasteiger charge is -2.34. The van der Waals surface area contributed by atoms with E-state index in [9.17, 15) is 18.8 Å². The Balaban J connectivity index is 2.54. The largest absolute Gasteiger partial charge is 0.465 e.